The molecule has 0 bridgehead atoms. The van der Waals surface area contributed by atoms with Crippen LogP contribution in [0.1, 0.15) is 22.2 Å². The highest BCUT2D eigenvalue weighted by molar-refractivity contribution is 7.11. The van der Waals surface area contributed by atoms with Crippen molar-refractivity contribution < 1.29 is 14.3 Å². The van der Waals surface area contributed by atoms with Crippen molar-refractivity contribution in [3.8, 4) is 5.06 Å². The van der Waals surface area contributed by atoms with Gasteiger partial charge in [-0.3, -0.25) is 0 Å². The van der Waals surface area contributed by atoms with Gasteiger partial charge in [0.15, 0.2) is 5.06 Å². The summed E-state index contributed by atoms with van der Waals surface area (Å²) >= 11 is 1.47. The molecular weight excluding hydrogens is 224 g/mol. The SMILES string of the molecule is O=C1OC(Oc2cccs2)c2ccccc21. The van der Waals surface area contributed by atoms with Crippen molar-refractivity contribution in [3.05, 3.63) is 52.9 Å². The Labute approximate surface area is 96.2 Å². The van der Waals surface area contributed by atoms with Crippen LogP contribution >= 0.6 is 11.3 Å². The summed E-state index contributed by atoms with van der Waals surface area (Å²) < 4.78 is 10.7. The molecule has 3 rings (SSSR count). The predicted molar refractivity (Wildman–Crippen MR) is 59.5 cm³/mol. The second kappa shape index (κ2) is 3.64. The highest BCUT2D eigenvalue weighted by Crippen LogP contribution is 2.33. The quantitative estimate of drug-likeness (QED) is 0.747. The average Bonchev–Trinajstić information content (AvgIpc) is 2.90. The van der Waals surface area contributed by atoms with Gasteiger partial charge in [-0.05, 0) is 23.6 Å². The Kier molecular flexibility index (Phi) is 2.15. The van der Waals surface area contributed by atoms with Gasteiger partial charge in [0.05, 0.1) is 5.56 Å². The molecule has 0 saturated heterocycles. The minimum atomic E-state index is -0.609. The summed E-state index contributed by atoms with van der Waals surface area (Å²) in [6.45, 7) is 0. The Morgan fingerprint density at radius 1 is 1.19 bits per heavy atom. The number of benzene rings is 1. The van der Waals surface area contributed by atoms with E-state index in [1.54, 1.807) is 6.07 Å². The molecule has 1 aliphatic heterocycles. The normalized spacial score (nSPS) is 18.0. The lowest BCUT2D eigenvalue weighted by Gasteiger charge is -2.11. The molecule has 1 unspecified atom stereocenters. The number of hydrogen-bond acceptors (Lipinski definition) is 4. The molecule has 0 radical (unpaired) electrons. The van der Waals surface area contributed by atoms with Gasteiger partial charge in [-0.2, -0.15) is 0 Å². The van der Waals surface area contributed by atoms with Crippen LogP contribution in [0.15, 0.2) is 41.8 Å². The van der Waals surface area contributed by atoms with Crippen LogP contribution in [0.4, 0.5) is 0 Å². The molecule has 16 heavy (non-hydrogen) atoms. The van der Waals surface area contributed by atoms with E-state index in [-0.39, 0.29) is 5.97 Å². The molecule has 3 nitrogen and oxygen atoms in total. The first kappa shape index (κ1) is 9.42. The van der Waals surface area contributed by atoms with Gasteiger partial charge in [0.1, 0.15) is 0 Å². The fraction of sp³-hybridized carbons (Fsp3) is 0.0833. The lowest BCUT2D eigenvalue weighted by atomic mass is 10.1. The molecule has 0 spiro atoms. The third-order valence-electron chi connectivity index (χ3n) is 2.37. The molecule has 4 heteroatoms. The van der Waals surface area contributed by atoms with Gasteiger partial charge < -0.3 is 9.47 Å². The first-order chi connectivity index (χ1) is 7.84. The monoisotopic (exact) mass is 232 g/mol. The Morgan fingerprint density at radius 2 is 2.06 bits per heavy atom. The number of thiophene rings is 1. The van der Waals surface area contributed by atoms with Crippen LogP contribution in [0, 0.1) is 0 Å². The number of carbonyl (C=O) groups excluding carboxylic acids is 1. The summed E-state index contributed by atoms with van der Waals surface area (Å²) in [5.41, 5.74) is 1.38. The fourth-order valence-corrected chi connectivity index (χ4v) is 2.23. The molecule has 0 N–H and O–H groups in total. The Bertz CT molecular complexity index is 519. The van der Waals surface area contributed by atoms with Crippen molar-refractivity contribution in [1.82, 2.24) is 0 Å². The smallest absolute Gasteiger partial charge is 0.342 e. The first-order valence-electron chi connectivity index (χ1n) is 4.84. The minimum absolute atomic E-state index is 0.322. The van der Waals surface area contributed by atoms with Crippen molar-refractivity contribution in [1.29, 1.82) is 0 Å². The molecule has 0 aliphatic carbocycles. The van der Waals surface area contributed by atoms with E-state index in [4.69, 9.17) is 9.47 Å². The van der Waals surface area contributed by atoms with Crippen LogP contribution in [0.2, 0.25) is 0 Å². The Hall–Kier alpha value is -1.81. The lowest BCUT2D eigenvalue weighted by Crippen LogP contribution is -2.05. The standard InChI is InChI=1S/C12H8O3S/c13-11-8-4-1-2-5-9(8)12(15-11)14-10-6-3-7-16-10/h1-7,12H. The van der Waals surface area contributed by atoms with Gasteiger partial charge in [0.25, 0.3) is 6.29 Å². The molecule has 1 aromatic heterocycles. The number of fused-ring (bicyclic) bond motifs is 1. The molecule has 2 aromatic rings. The van der Waals surface area contributed by atoms with Gasteiger partial charge >= 0.3 is 5.97 Å². The predicted octanol–water partition coefficient (Wildman–Crippen LogP) is 3.00. The van der Waals surface area contributed by atoms with E-state index < -0.39 is 6.29 Å². The zero-order chi connectivity index (χ0) is 11.0. The molecule has 1 aliphatic rings. The number of rotatable bonds is 2. The minimum Gasteiger partial charge on any atom is -0.441 e. The Balaban J connectivity index is 1.92. The summed E-state index contributed by atoms with van der Waals surface area (Å²) in [7, 11) is 0. The largest absolute Gasteiger partial charge is 0.441 e. The third-order valence-corrected chi connectivity index (χ3v) is 3.12. The highest BCUT2D eigenvalue weighted by Gasteiger charge is 2.32. The maximum atomic E-state index is 11.5. The van der Waals surface area contributed by atoms with Crippen LogP contribution in [-0.4, -0.2) is 5.97 Å². The number of hydrogen-bond donors (Lipinski definition) is 0. The summed E-state index contributed by atoms with van der Waals surface area (Å²) in [5.74, 6) is -0.322. The van der Waals surface area contributed by atoms with Gasteiger partial charge in [-0.25, -0.2) is 4.79 Å². The summed E-state index contributed by atoms with van der Waals surface area (Å²) in [4.78, 5) is 11.5. The van der Waals surface area contributed by atoms with Crippen LogP contribution in [-0.2, 0) is 4.74 Å². The molecule has 0 amide bonds. The van der Waals surface area contributed by atoms with E-state index in [9.17, 15) is 4.79 Å². The number of carbonyl (C=O) groups is 1. The van der Waals surface area contributed by atoms with Crippen molar-refractivity contribution in [2.75, 3.05) is 0 Å². The molecule has 0 fully saturated rings. The van der Waals surface area contributed by atoms with Crippen LogP contribution in [0.3, 0.4) is 0 Å². The maximum absolute atomic E-state index is 11.5. The van der Waals surface area contributed by atoms with Gasteiger partial charge in [0, 0.05) is 5.56 Å². The molecule has 80 valence electrons. The first-order valence-corrected chi connectivity index (χ1v) is 5.72. The second-order valence-corrected chi connectivity index (χ2v) is 4.28. The van der Waals surface area contributed by atoms with Crippen molar-refractivity contribution >= 4 is 17.3 Å². The van der Waals surface area contributed by atoms with Gasteiger partial charge in [0.2, 0.25) is 0 Å². The molecule has 1 aromatic carbocycles. The van der Waals surface area contributed by atoms with Gasteiger partial charge in [-0.15, -0.1) is 11.3 Å². The molecule has 1 atom stereocenters. The lowest BCUT2D eigenvalue weighted by molar-refractivity contribution is -0.0363. The summed E-state index contributed by atoms with van der Waals surface area (Å²) in [6.07, 6.45) is -0.609. The van der Waals surface area contributed by atoms with E-state index in [2.05, 4.69) is 0 Å². The van der Waals surface area contributed by atoms with E-state index in [1.807, 2.05) is 35.7 Å². The molecule has 2 heterocycles. The van der Waals surface area contributed by atoms with Crippen molar-refractivity contribution in [3.63, 3.8) is 0 Å². The fourth-order valence-electron chi connectivity index (χ4n) is 1.64. The van der Waals surface area contributed by atoms with E-state index in [1.165, 1.54) is 11.3 Å². The highest BCUT2D eigenvalue weighted by atomic mass is 32.1. The second-order valence-electron chi connectivity index (χ2n) is 3.37. The van der Waals surface area contributed by atoms with E-state index >= 15 is 0 Å². The molecular formula is C12H8O3S. The number of cyclic esters (lactones) is 1. The zero-order valence-corrected chi connectivity index (χ0v) is 9.07. The number of ether oxygens (including phenoxy) is 2. The van der Waals surface area contributed by atoms with Crippen LogP contribution < -0.4 is 4.74 Å². The average molecular weight is 232 g/mol. The van der Waals surface area contributed by atoms with Crippen molar-refractivity contribution in [2.45, 2.75) is 6.29 Å². The topological polar surface area (TPSA) is 35.5 Å². The Morgan fingerprint density at radius 3 is 2.88 bits per heavy atom. The summed E-state index contributed by atoms with van der Waals surface area (Å²) in [5, 5.41) is 2.66. The maximum Gasteiger partial charge on any atom is 0.342 e. The zero-order valence-electron chi connectivity index (χ0n) is 8.25. The number of esters is 1. The van der Waals surface area contributed by atoms with E-state index in [0.29, 0.717) is 5.56 Å². The third kappa shape index (κ3) is 1.47. The van der Waals surface area contributed by atoms with Crippen molar-refractivity contribution in [2.24, 2.45) is 0 Å². The van der Waals surface area contributed by atoms with Crippen LogP contribution in [0.5, 0.6) is 5.06 Å². The van der Waals surface area contributed by atoms with Gasteiger partial charge in [-0.1, -0.05) is 18.2 Å². The molecule has 0 saturated carbocycles. The summed E-state index contributed by atoms with van der Waals surface area (Å²) in [6, 6.07) is 11.0. The van der Waals surface area contributed by atoms with E-state index in [0.717, 1.165) is 10.6 Å². The van der Waals surface area contributed by atoms with Crippen LogP contribution in [0.25, 0.3) is 0 Å².